The van der Waals surface area contributed by atoms with E-state index >= 15 is 0 Å². The van der Waals surface area contributed by atoms with Crippen molar-refractivity contribution in [3.63, 3.8) is 0 Å². The van der Waals surface area contributed by atoms with Gasteiger partial charge in [-0.2, -0.15) is 0 Å². The molecule has 2 amide bonds. The Labute approximate surface area is 210 Å². The van der Waals surface area contributed by atoms with Crippen LogP contribution in [-0.2, 0) is 16.0 Å². The van der Waals surface area contributed by atoms with Crippen LogP contribution in [0.15, 0.2) is 65.1 Å². The molecule has 3 aromatic rings. The molecule has 0 bridgehead atoms. The zero-order valence-electron chi connectivity index (χ0n) is 20.8. The van der Waals surface area contributed by atoms with Gasteiger partial charge in [-0.1, -0.05) is 60.2 Å². The van der Waals surface area contributed by atoms with Crippen LogP contribution in [-0.4, -0.2) is 40.4 Å². The number of hydrogen-bond donors (Lipinski definition) is 1. The number of amides is 2. The Balaban J connectivity index is 1.57. The Morgan fingerprint density at radius 1 is 1.06 bits per heavy atom. The fourth-order valence-electron chi connectivity index (χ4n) is 4.57. The number of benzene rings is 2. The molecule has 3 atom stereocenters. The fraction of sp³-hybridized carbons (Fsp3) is 0.345. The van der Waals surface area contributed by atoms with E-state index in [-0.39, 0.29) is 12.4 Å². The number of carbonyl (C=O) groups is 3. The third-order valence-corrected chi connectivity index (χ3v) is 6.59. The number of furan rings is 1. The lowest BCUT2D eigenvalue weighted by Gasteiger charge is -2.21. The van der Waals surface area contributed by atoms with E-state index in [0.717, 1.165) is 27.2 Å². The summed E-state index contributed by atoms with van der Waals surface area (Å²) in [6.07, 6.45) is 0.505. The van der Waals surface area contributed by atoms with Crippen molar-refractivity contribution in [3.05, 3.63) is 83.3 Å². The van der Waals surface area contributed by atoms with Crippen molar-refractivity contribution in [1.82, 2.24) is 4.90 Å². The van der Waals surface area contributed by atoms with Crippen molar-refractivity contribution in [2.24, 2.45) is 5.92 Å². The maximum Gasteiger partial charge on any atom is 0.417 e. The predicted octanol–water partition coefficient (Wildman–Crippen LogP) is 5.50. The number of ketones is 1. The lowest BCUT2D eigenvalue weighted by atomic mass is 9.98. The summed E-state index contributed by atoms with van der Waals surface area (Å²) in [4.78, 5) is 40.3. The van der Waals surface area contributed by atoms with E-state index < -0.39 is 35.8 Å². The first-order valence-electron chi connectivity index (χ1n) is 12.2. The lowest BCUT2D eigenvalue weighted by molar-refractivity contribution is -0.131. The molecule has 1 N–H and O–H groups in total. The van der Waals surface area contributed by atoms with Crippen molar-refractivity contribution in [3.8, 4) is 11.1 Å². The van der Waals surface area contributed by atoms with Crippen LogP contribution in [0.2, 0.25) is 0 Å². The van der Waals surface area contributed by atoms with Crippen molar-refractivity contribution in [2.45, 2.75) is 52.2 Å². The molecular weight excluding hydrogens is 458 g/mol. The van der Waals surface area contributed by atoms with Gasteiger partial charge in [0.15, 0.2) is 5.76 Å². The highest BCUT2D eigenvalue weighted by Gasteiger charge is 2.46. The summed E-state index contributed by atoms with van der Waals surface area (Å²) in [7, 11) is 0. The fourth-order valence-corrected chi connectivity index (χ4v) is 4.57. The molecule has 36 heavy (non-hydrogen) atoms. The summed E-state index contributed by atoms with van der Waals surface area (Å²) in [6.45, 7) is 5.28. The minimum atomic E-state index is -1.13. The lowest BCUT2D eigenvalue weighted by Crippen LogP contribution is -2.43. The van der Waals surface area contributed by atoms with Gasteiger partial charge in [0.1, 0.15) is 17.8 Å². The Bertz CT molecular complexity index is 1250. The topological polar surface area (TPSA) is 97.1 Å². The number of nitrogens with zero attached hydrogens (tertiary/aromatic N) is 1. The van der Waals surface area contributed by atoms with Crippen LogP contribution >= 0.6 is 0 Å². The van der Waals surface area contributed by atoms with Crippen molar-refractivity contribution in [1.29, 1.82) is 0 Å². The quantitative estimate of drug-likeness (QED) is 0.242. The van der Waals surface area contributed by atoms with Crippen LogP contribution in [0.5, 0.6) is 0 Å². The maximum atomic E-state index is 13.4. The summed E-state index contributed by atoms with van der Waals surface area (Å²) in [5.41, 5.74) is 3.56. The summed E-state index contributed by atoms with van der Waals surface area (Å²) in [5.74, 6) is -1.53. The molecule has 4 rings (SSSR count). The Kier molecular flexibility index (Phi) is 7.70. The zero-order chi connectivity index (χ0) is 25.8. The van der Waals surface area contributed by atoms with Gasteiger partial charge >= 0.3 is 6.09 Å². The number of cyclic esters (lactones) is 1. The van der Waals surface area contributed by atoms with Gasteiger partial charge in [0, 0.05) is 18.6 Å². The second kappa shape index (κ2) is 10.9. The second-order valence-corrected chi connectivity index (χ2v) is 9.25. The van der Waals surface area contributed by atoms with Gasteiger partial charge in [0.25, 0.3) is 0 Å². The summed E-state index contributed by atoms with van der Waals surface area (Å²) >= 11 is 0. The van der Waals surface area contributed by atoms with Crippen LogP contribution in [0.4, 0.5) is 4.79 Å². The van der Waals surface area contributed by atoms with E-state index in [1.807, 2.05) is 61.5 Å². The van der Waals surface area contributed by atoms with Gasteiger partial charge in [0.05, 0.1) is 6.04 Å². The number of hydrogen-bond acceptors (Lipinski definition) is 6. The van der Waals surface area contributed by atoms with Gasteiger partial charge in [-0.05, 0) is 50.8 Å². The molecule has 1 saturated heterocycles. The molecule has 3 unspecified atom stereocenters. The molecule has 7 nitrogen and oxygen atoms in total. The molecule has 1 fully saturated rings. The highest BCUT2D eigenvalue weighted by molar-refractivity contribution is 6.12. The normalized spacial score (nSPS) is 18.2. The standard InChI is InChI=1S/C29H31NO6/c1-18-10-9-13-22(16-18)23-17-25(35-24(23)14-7-8-15-31)26(32)19(2)28(33)30-20(3)27(36-29(30)34)21-11-5-4-6-12-21/h4-6,9-13,16-17,19-20,27,31H,7-8,14-15H2,1-3H3. The van der Waals surface area contributed by atoms with Crippen LogP contribution in [0.1, 0.15) is 60.2 Å². The molecule has 7 heteroatoms. The summed E-state index contributed by atoms with van der Waals surface area (Å²) in [5, 5.41) is 9.17. The first kappa shape index (κ1) is 25.4. The molecular formula is C29H31NO6. The second-order valence-electron chi connectivity index (χ2n) is 9.25. The molecule has 0 saturated carbocycles. The SMILES string of the molecule is Cc1cccc(-c2cc(C(=O)C(C)C(=O)N3C(=O)OC(c4ccccc4)C3C)oc2CCCCO)c1. The highest BCUT2D eigenvalue weighted by atomic mass is 16.6. The van der Waals surface area contributed by atoms with Crippen LogP contribution in [0, 0.1) is 12.8 Å². The molecule has 188 valence electrons. The Hall–Kier alpha value is -3.71. The van der Waals surface area contributed by atoms with E-state index in [4.69, 9.17) is 14.3 Å². The van der Waals surface area contributed by atoms with Gasteiger partial charge in [-0.15, -0.1) is 0 Å². The maximum absolute atomic E-state index is 13.4. The number of carbonyl (C=O) groups excluding carboxylic acids is 3. The molecule has 1 aliphatic rings. The zero-order valence-corrected chi connectivity index (χ0v) is 20.8. The third kappa shape index (κ3) is 5.11. The highest BCUT2D eigenvalue weighted by Crippen LogP contribution is 2.35. The largest absolute Gasteiger partial charge is 0.457 e. The van der Waals surface area contributed by atoms with Gasteiger partial charge < -0.3 is 14.3 Å². The molecule has 1 aliphatic heterocycles. The van der Waals surface area contributed by atoms with Crippen LogP contribution < -0.4 is 0 Å². The van der Waals surface area contributed by atoms with E-state index in [1.165, 1.54) is 6.92 Å². The summed E-state index contributed by atoms with van der Waals surface area (Å²) in [6, 6.07) is 18.2. The van der Waals surface area contributed by atoms with E-state index in [0.29, 0.717) is 25.0 Å². The van der Waals surface area contributed by atoms with Gasteiger partial charge in [0.2, 0.25) is 11.7 Å². The molecule has 0 spiro atoms. The van der Waals surface area contributed by atoms with Gasteiger partial charge in [-0.3, -0.25) is 9.59 Å². The minimum Gasteiger partial charge on any atom is -0.457 e. The smallest absolute Gasteiger partial charge is 0.417 e. The first-order valence-corrected chi connectivity index (χ1v) is 12.2. The monoisotopic (exact) mass is 489 g/mol. The molecule has 0 radical (unpaired) electrons. The van der Waals surface area contributed by atoms with Crippen molar-refractivity contribution < 1.29 is 28.6 Å². The first-order chi connectivity index (χ1) is 17.3. The average Bonchev–Trinajstić information content (AvgIpc) is 3.44. The average molecular weight is 490 g/mol. The number of ether oxygens (including phenoxy) is 1. The minimum absolute atomic E-state index is 0.0752. The van der Waals surface area contributed by atoms with E-state index in [9.17, 15) is 14.4 Å². The summed E-state index contributed by atoms with van der Waals surface area (Å²) < 4.78 is 11.5. The number of aryl methyl sites for hydroxylation is 2. The van der Waals surface area contributed by atoms with Crippen molar-refractivity contribution in [2.75, 3.05) is 6.61 Å². The van der Waals surface area contributed by atoms with Crippen LogP contribution in [0.3, 0.4) is 0 Å². The number of Topliss-reactive ketones (excluding diaryl/α,β-unsaturated/α-hetero) is 1. The van der Waals surface area contributed by atoms with E-state index in [2.05, 4.69) is 0 Å². The number of unbranched alkanes of at least 4 members (excludes halogenated alkanes) is 1. The Morgan fingerprint density at radius 3 is 2.50 bits per heavy atom. The Morgan fingerprint density at radius 2 is 1.81 bits per heavy atom. The number of aliphatic hydroxyl groups excluding tert-OH is 1. The van der Waals surface area contributed by atoms with Crippen molar-refractivity contribution >= 4 is 17.8 Å². The number of imide groups is 1. The van der Waals surface area contributed by atoms with Gasteiger partial charge in [-0.25, -0.2) is 9.69 Å². The number of aliphatic hydroxyl groups is 1. The molecule has 1 aromatic heterocycles. The predicted molar refractivity (Wildman–Crippen MR) is 134 cm³/mol. The van der Waals surface area contributed by atoms with E-state index in [1.54, 1.807) is 13.0 Å². The number of rotatable bonds is 9. The molecule has 2 heterocycles. The molecule has 2 aromatic carbocycles. The molecule has 0 aliphatic carbocycles. The third-order valence-electron chi connectivity index (χ3n) is 6.59. The van der Waals surface area contributed by atoms with Crippen LogP contribution in [0.25, 0.3) is 11.1 Å².